The van der Waals surface area contributed by atoms with Gasteiger partial charge in [0.1, 0.15) is 11.8 Å². The molecule has 0 bridgehead atoms. The van der Waals surface area contributed by atoms with E-state index in [4.69, 9.17) is 4.74 Å². The number of amides is 2. The summed E-state index contributed by atoms with van der Waals surface area (Å²) in [6.07, 6.45) is 0.486. The van der Waals surface area contributed by atoms with Crippen molar-refractivity contribution >= 4 is 28.9 Å². The van der Waals surface area contributed by atoms with Gasteiger partial charge in [-0.3, -0.25) is 9.59 Å². The van der Waals surface area contributed by atoms with Crippen molar-refractivity contribution in [2.45, 2.75) is 33.2 Å². The van der Waals surface area contributed by atoms with Crippen LogP contribution in [0.5, 0.6) is 5.75 Å². The number of para-hydroxylation sites is 2. The molecule has 27 heavy (non-hydrogen) atoms. The molecular weight excluding hydrogens is 342 g/mol. The summed E-state index contributed by atoms with van der Waals surface area (Å²) in [4.78, 5) is 24.2. The maximum atomic E-state index is 12.4. The lowest BCUT2D eigenvalue weighted by molar-refractivity contribution is -0.117. The van der Waals surface area contributed by atoms with E-state index in [0.717, 1.165) is 11.4 Å². The Labute approximate surface area is 160 Å². The van der Waals surface area contributed by atoms with E-state index in [2.05, 4.69) is 16.0 Å². The third-order valence-corrected chi connectivity index (χ3v) is 3.90. The van der Waals surface area contributed by atoms with E-state index in [-0.39, 0.29) is 11.8 Å². The Morgan fingerprint density at radius 3 is 2.19 bits per heavy atom. The van der Waals surface area contributed by atoms with E-state index in [1.54, 1.807) is 26.2 Å². The SMILES string of the molecule is COc1ccccc1NC(=O)C(C)Nc1ccc(NC(=O)CC(C)C)cc1. The molecule has 0 aliphatic carbocycles. The van der Waals surface area contributed by atoms with E-state index >= 15 is 0 Å². The van der Waals surface area contributed by atoms with Gasteiger partial charge in [0.05, 0.1) is 12.8 Å². The highest BCUT2D eigenvalue weighted by Gasteiger charge is 2.14. The first-order chi connectivity index (χ1) is 12.9. The Bertz CT molecular complexity index is 772. The van der Waals surface area contributed by atoms with Gasteiger partial charge < -0.3 is 20.7 Å². The summed E-state index contributed by atoms with van der Waals surface area (Å²) >= 11 is 0. The Balaban J connectivity index is 1.92. The Morgan fingerprint density at radius 1 is 0.926 bits per heavy atom. The Hall–Kier alpha value is -3.02. The van der Waals surface area contributed by atoms with Crippen LogP contribution in [0.2, 0.25) is 0 Å². The third-order valence-electron chi connectivity index (χ3n) is 3.90. The molecule has 0 aliphatic rings. The smallest absolute Gasteiger partial charge is 0.246 e. The zero-order valence-corrected chi connectivity index (χ0v) is 16.2. The lowest BCUT2D eigenvalue weighted by atomic mass is 10.1. The summed E-state index contributed by atoms with van der Waals surface area (Å²) in [6.45, 7) is 5.79. The minimum Gasteiger partial charge on any atom is -0.495 e. The van der Waals surface area contributed by atoms with Crippen molar-refractivity contribution in [1.82, 2.24) is 0 Å². The number of hydrogen-bond donors (Lipinski definition) is 3. The zero-order valence-electron chi connectivity index (χ0n) is 16.2. The van der Waals surface area contributed by atoms with Crippen LogP contribution in [0.4, 0.5) is 17.1 Å². The molecule has 0 fully saturated rings. The molecule has 2 aromatic rings. The van der Waals surface area contributed by atoms with Gasteiger partial charge in [-0.1, -0.05) is 26.0 Å². The maximum Gasteiger partial charge on any atom is 0.246 e. The number of rotatable bonds is 8. The molecule has 6 heteroatoms. The Morgan fingerprint density at radius 2 is 1.56 bits per heavy atom. The van der Waals surface area contributed by atoms with Gasteiger partial charge in [0, 0.05) is 17.8 Å². The molecule has 6 nitrogen and oxygen atoms in total. The second kappa shape index (κ2) is 9.62. The first-order valence-corrected chi connectivity index (χ1v) is 8.99. The zero-order chi connectivity index (χ0) is 19.8. The van der Waals surface area contributed by atoms with E-state index in [1.165, 1.54) is 0 Å². The quantitative estimate of drug-likeness (QED) is 0.654. The van der Waals surface area contributed by atoms with Crippen molar-refractivity contribution in [3.63, 3.8) is 0 Å². The minimum atomic E-state index is -0.448. The summed E-state index contributed by atoms with van der Waals surface area (Å²) in [5.74, 6) is 0.747. The fourth-order valence-corrected chi connectivity index (χ4v) is 2.54. The topological polar surface area (TPSA) is 79.5 Å². The molecule has 0 aromatic heterocycles. The van der Waals surface area contributed by atoms with Crippen LogP contribution in [0.3, 0.4) is 0 Å². The van der Waals surface area contributed by atoms with Gasteiger partial charge in [-0.15, -0.1) is 0 Å². The van der Waals surface area contributed by atoms with Gasteiger partial charge >= 0.3 is 0 Å². The van der Waals surface area contributed by atoms with Crippen molar-refractivity contribution in [1.29, 1.82) is 0 Å². The molecule has 0 radical (unpaired) electrons. The van der Waals surface area contributed by atoms with E-state index in [9.17, 15) is 9.59 Å². The van der Waals surface area contributed by atoms with Gasteiger partial charge in [-0.25, -0.2) is 0 Å². The number of carbonyl (C=O) groups excluding carboxylic acids is 2. The molecule has 0 aliphatic heterocycles. The number of ether oxygens (including phenoxy) is 1. The normalized spacial score (nSPS) is 11.6. The van der Waals surface area contributed by atoms with Crippen LogP contribution in [0.25, 0.3) is 0 Å². The van der Waals surface area contributed by atoms with E-state index < -0.39 is 6.04 Å². The van der Waals surface area contributed by atoms with Crippen LogP contribution in [0, 0.1) is 5.92 Å². The van der Waals surface area contributed by atoms with Crippen LogP contribution in [-0.4, -0.2) is 25.0 Å². The number of hydrogen-bond acceptors (Lipinski definition) is 4. The summed E-state index contributed by atoms with van der Waals surface area (Å²) in [7, 11) is 1.56. The number of anilines is 3. The molecule has 144 valence electrons. The minimum absolute atomic E-state index is 0.00439. The summed E-state index contributed by atoms with van der Waals surface area (Å²) in [6, 6.07) is 14.1. The second-order valence-electron chi connectivity index (χ2n) is 6.78. The first-order valence-electron chi connectivity index (χ1n) is 8.99. The molecule has 2 aromatic carbocycles. The van der Waals surface area contributed by atoms with Gasteiger partial charge in [0.2, 0.25) is 11.8 Å². The van der Waals surface area contributed by atoms with Crippen molar-refractivity contribution in [3.8, 4) is 5.75 Å². The molecule has 1 atom stereocenters. The van der Waals surface area contributed by atoms with E-state index in [1.807, 2.05) is 50.2 Å². The molecule has 0 saturated carbocycles. The monoisotopic (exact) mass is 369 g/mol. The average Bonchev–Trinajstić information content (AvgIpc) is 2.63. The maximum absolute atomic E-state index is 12.4. The molecule has 1 unspecified atom stereocenters. The predicted octanol–water partition coefficient (Wildman–Crippen LogP) is 4.12. The highest BCUT2D eigenvalue weighted by Crippen LogP contribution is 2.23. The van der Waals surface area contributed by atoms with E-state index in [0.29, 0.717) is 23.8 Å². The number of benzene rings is 2. The van der Waals surface area contributed by atoms with Gasteiger partial charge in [0.25, 0.3) is 0 Å². The summed E-state index contributed by atoms with van der Waals surface area (Å²) < 4.78 is 5.24. The largest absolute Gasteiger partial charge is 0.495 e. The molecule has 3 N–H and O–H groups in total. The molecule has 2 amide bonds. The standard InChI is InChI=1S/C21H27N3O3/c1-14(2)13-20(25)23-17-11-9-16(10-12-17)22-15(3)21(26)24-18-7-5-6-8-19(18)27-4/h5-12,14-15,22H,13H2,1-4H3,(H,23,25)(H,24,26). The highest BCUT2D eigenvalue weighted by molar-refractivity contribution is 5.97. The summed E-state index contributed by atoms with van der Waals surface area (Å²) in [5.41, 5.74) is 2.15. The van der Waals surface area contributed by atoms with Crippen LogP contribution < -0.4 is 20.7 Å². The molecule has 0 saturated heterocycles. The molecule has 0 spiro atoms. The van der Waals surface area contributed by atoms with Crippen molar-refractivity contribution in [2.75, 3.05) is 23.1 Å². The van der Waals surface area contributed by atoms with Crippen LogP contribution in [-0.2, 0) is 9.59 Å². The lowest BCUT2D eigenvalue weighted by Crippen LogP contribution is -2.32. The number of nitrogens with one attached hydrogen (secondary N) is 3. The average molecular weight is 369 g/mol. The fraction of sp³-hybridized carbons (Fsp3) is 0.333. The molecular formula is C21H27N3O3. The predicted molar refractivity (Wildman–Crippen MR) is 109 cm³/mol. The van der Waals surface area contributed by atoms with Gasteiger partial charge in [0.15, 0.2) is 0 Å². The van der Waals surface area contributed by atoms with Crippen molar-refractivity contribution in [2.24, 2.45) is 5.92 Å². The Kier molecular flexibility index (Phi) is 7.23. The van der Waals surface area contributed by atoms with Crippen LogP contribution in [0.15, 0.2) is 48.5 Å². The van der Waals surface area contributed by atoms with Gasteiger partial charge in [-0.2, -0.15) is 0 Å². The summed E-state index contributed by atoms with van der Waals surface area (Å²) in [5, 5.41) is 8.86. The van der Waals surface area contributed by atoms with Crippen LogP contribution >= 0.6 is 0 Å². The number of carbonyl (C=O) groups is 2. The fourth-order valence-electron chi connectivity index (χ4n) is 2.54. The first kappa shape index (κ1) is 20.3. The van der Waals surface area contributed by atoms with Crippen molar-refractivity contribution in [3.05, 3.63) is 48.5 Å². The lowest BCUT2D eigenvalue weighted by Gasteiger charge is -2.17. The second-order valence-corrected chi connectivity index (χ2v) is 6.78. The third kappa shape index (κ3) is 6.33. The van der Waals surface area contributed by atoms with Crippen molar-refractivity contribution < 1.29 is 14.3 Å². The molecule has 0 heterocycles. The molecule has 2 rings (SSSR count). The van der Waals surface area contributed by atoms with Gasteiger partial charge in [-0.05, 0) is 49.2 Å². The number of methoxy groups -OCH3 is 1. The highest BCUT2D eigenvalue weighted by atomic mass is 16.5. The van der Waals surface area contributed by atoms with Crippen LogP contribution in [0.1, 0.15) is 27.2 Å².